The number of halogens is 3. The molecule has 2 aromatic heterocycles. The van der Waals surface area contributed by atoms with Crippen LogP contribution in [0.15, 0.2) is 54.9 Å². The molecule has 1 saturated heterocycles. The van der Waals surface area contributed by atoms with E-state index in [1.165, 1.54) is 36.7 Å². The maximum atomic E-state index is 14.3. The summed E-state index contributed by atoms with van der Waals surface area (Å²) in [6.07, 6.45) is 0.333. The summed E-state index contributed by atoms with van der Waals surface area (Å²) >= 11 is 0. The molecule has 19 heteroatoms. The second-order valence-corrected chi connectivity index (χ2v) is 15.1. The molecular formula is C42H42F3N9O7. The number of hydrogen-bond donors (Lipinski definition) is 5. The van der Waals surface area contributed by atoms with Crippen LogP contribution in [0.25, 0.3) is 22.0 Å². The molecule has 2 aliphatic heterocycles. The first-order chi connectivity index (χ1) is 29.1. The van der Waals surface area contributed by atoms with Crippen molar-refractivity contribution in [2.45, 2.75) is 69.8 Å². The zero-order valence-electron chi connectivity index (χ0n) is 33.4. The van der Waals surface area contributed by atoms with E-state index in [-0.39, 0.29) is 82.8 Å². The minimum Gasteiger partial charge on any atom is -0.387 e. The fourth-order valence-electron chi connectivity index (χ4n) is 7.41. The Hall–Kier alpha value is -6.92. The topological polar surface area (TPSA) is 212 Å². The normalized spacial score (nSPS) is 16.8. The average molecular weight is 842 g/mol. The van der Waals surface area contributed by atoms with E-state index in [0.29, 0.717) is 29.6 Å². The molecule has 2 unspecified atom stereocenters. The summed E-state index contributed by atoms with van der Waals surface area (Å²) < 4.78 is 43.0. The van der Waals surface area contributed by atoms with Crippen molar-refractivity contribution in [2.75, 3.05) is 37.4 Å². The minimum atomic E-state index is -4.75. The molecule has 3 aliphatic rings. The highest BCUT2D eigenvalue weighted by Gasteiger charge is 2.46. The van der Waals surface area contributed by atoms with E-state index in [1.807, 2.05) is 0 Å². The molecule has 2 fully saturated rings. The van der Waals surface area contributed by atoms with Crippen molar-refractivity contribution in [3.05, 3.63) is 82.8 Å². The zero-order chi connectivity index (χ0) is 43.7. The number of rotatable bonds is 14. The number of hydrogen-bond acceptors (Lipinski definition) is 11. The third-order valence-corrected chi connectivity index (χ3v) is 11.0. The van der Waals surface area contributed by atoms with Gasteiger partial charge in [0.15, 0.2) is 0 Å². The molecule has 7 rings (SSSR count). The number of fused-ring (bicyclic) bond motifs is 2. The largest absolute Gasteiger partial charge is 0.417 e. The highest BCUT2D eigenvalue weighted by molar-refractivity contribution is 6.25. The predicted octanol–water partition coefficient (Wildman–Crippen LogP) is 3.80. The van der Waals surface area contributed by atoms with Crippen molar-refractivity contribution in [2.24, 2.45) is 0 Å². The van der Waals surface area contributed by atoms with Crippen LogP contribution in [0.4, 0.5) is 24.5 Å². The van der Waals surface area contributed by atoms with Crippen LogP contribution in [0.1, 0.15) is 92.6 Å². The number of piperidine rings is 1. The molecule has 4 aromatic rings. The zero-order valence-corrected chi connectivity index (χ0v) is 33.4. The maximum Gasteiger partial charge on any atom is 0.417 e. The number of unbranched alkanes of at least 4 members (excludes halogenated alkanes) is 1. The number of imide groups is 2. The highest BCUT2D eigenvalue weighted by Crippen LogP contribution is 2.41. The standard InChI is InChI=1S/C42H42F3N9O7/c1-21(53(3)31-8-6-7-24-34(31)41(61)54(40(24)60)32-13-14-33(55)52-39(32)59)36(56)47-15-4-5-16-48-38(58)29-12-9-22(19-49-29)25-17-26-30(18-28(25)42(43,44)45)50-20-27(35(26)46-2)37(57)51-23-10-11-23/h6-9,12,17-21,23,32H,4-5,10-11,13-16H2,1-3H3,(H,46,50)(H,47,56)(H,48,58)(H,51,57)(H,52,55,59). The molecule has 2 aromatic carbocycles. The molecular weight excluding hydrogens is 800 g/mol. The van der Waals surface area contributed by atoms with Gasteiger partial charge in [-0.05, 0) is 74.9 Å². The number of nitrogens with one attached hydrogen (secondary N) is 5. The molecule has 61 heavy (non-hydrogen) atoms. The molecule has 1 aliphatic carbocycles. The van der Waals surface area contributed by atoms with Gasteiger partial charge in [-0.15, -0.1) is 0 Å². The Kier molecular flexibility index (Phi) is 11.8. The van der Waals surface area contributed by atoms with Gasteiger partial charge in [-0.1, -0.05) is 12.1 Å². The van der Waals surface area contributed by atoms with Gasteiger partial charge in [0.2, 0.25) is 17.7 Å². The number of carbonyl (C=O) groups excluding carboxylic acids is 7. The average Bonchev–Trinajstić information content (AvgIpc) is 4.03. The Morgan fingerprint density at radius 2 is 1.66 bits per heavy atom. The summed E-state index contributed by atoms with van der Waals surface area (Å²) in [6, 6.07) is 7.73. The van der Waals surface area contributed by atoms with Crippen LogP contribution in [0.3, 0.4) is 0 Å². The number of carbonyl (C=O) groups is 7. The third kappa shape index (κ3) is 8.58. The smallest absolute Gasteiger partial charge is 0.387 e. The highest BCUT2D eigenvalue weighted by atomic mass is 19.4. The van der Waals surface area contributed by atoms with Crippen molar-refractivity contribution in [1.82, 2.24) is 36.1 Å². The second-order valence-electron chi connectivity index (χ2n) is 15.1. The van der Waals surface area contributed by atoms with Crippen molar-refractivity contribution in [1.29, 1.82) is 0 Å². The van der Waals surface area contributed by atoms with Crippen LogP contribution in [-0.4, -0.2) is 102 Å². The Balaban J connectivity index is 0.925. The van der Waals surface area contributed by atoms with Gasteiger partial charge in [-0.3, -0.25) is 53.7 Å². The van der Waals surface area contributed by atoms with E-state index in [4.69, 9.17) is 0 Å². The quantitative estimate of drug-likeness (QED) is 0.0911. The van der Waals surface area contributed by atoms with E-state index in [1.54, 1.807) is 38.1 Å². The predicted molar refractivity (Wildman–Crippen MR) is 216 cm³/mol. The van der Waals surface area contributed by atoms with Crippen LogP contribution < -0.4 is 31.5 Å². The summed E-state index contributed by atoms with van der Waals surface area (Å²) in [7, 11) is 3.17. The molecule has 0 radical (unpaired) electrons. The molecule has 318 valence electrons. The maximum absolute atomic E-state index is 14.3. The van der Waals surface area contributed by atoms with Crippen LogP contribution in [0.2, 0.25) is 0 Å². The minimum absolute atomic E-state index is 0.0116. The number of likely N-dealkylation sites (N-methyl/N-ethyl adjacent to an activating group) is 1. The van der Waals surface area contributed by atoms with Crippen LogP contribution >= 0.6 is 0 Å². The first-order valence-electron chi connectivity index (χ1n) is 19.7. The number of nitrogens with zero attached hydrogens (tertiary/aromatic N) is 4. The number of aromatic nitrogens is 2. The van der Waals surface area contributed by atoms with Crippen molar-refractivity contribution < 1.29 is 46.7 Å². The number of benzene rings is 2. The van der Waals surface area contributed by atoms with E-state index >= 15 is 0 Å². The number of alkyl halides is 3. The van der Waals surface area contributed by atoms with Crippen LogP contribution in [0, 0.1) is 0 Å². The third-order valence-electron chi connectivity index (χ3n) is 11.0. The lowest BCUT2D eigenvalue weighted by Crippen LogP contribution is -2.54. The summed E-state index contributed by atoms with van der Waals surface area (Å²) in [4.78, 5) is 101. The van der Waals surface area contributed by atoms with Crippen molar-refractivity contribution in [3.63, 3.8) is 0 Å². The van der Waals surface area contributed by atoms with E-state index in [0.717, 1.165) is 23.8 Å². The Morgan fingerprint density at radius 3 is 2.31 bits per heavy atom. The number of amides is 7. The molecule has 0 spiro atoms. The summed E-state index contributed by atoms with van der Waals surface area (Å²) in [5.74, 6) is -3.85. The van der Waals surface area contributed by atoms with Gasteiger partial charge in [0, 0.05) is 63.0 Å². The van der Waals surface area contributed by atoms with E-state index in [2.05, 4.69) is 36.6 Å². The molecule has 1 saturated carbocycles. The first kappa shape index (κ1) is 42.2. The van der Waals surface area contributed by atoms with Crippen molar-refractivity contribution >= 4 is 63.6 Å². The molecule has 16 nitrogen and oxygen atoms in total. The van der Waals surface area contributed by atoms with Gasteiger partial charge in [-0.2, -0.15) is 13.2 Å². The monoisotopic (exact) mass is 841 g/mol. The number of anilines is 2. The Labute approximate surface area is 347 Å². The lowest BCUT2D eigenvalue weighted by Gasteiger charge is -2.29. The van der Waals surface area contributed by atoms with Crippen LogP contribution in [0.5, 0.6) is 0 Å². The van der Waals surface area contributed by atoms with Gasteiger partial charge in [0.1, 0.15) is 17.8 Å². The summed E-state index contributed by atoms with van der Waals surface area (Å²) in [6.45, 7) is 2.08. The summed E-state index contributed by atoms with van der Waals surface area (Å²) in [5.41, 5.74) is -0.0315. The lowest BCUT2D eigenvalue weighted by atomic mass is 9.96. The van der Waals surface area contributed by atoms with E-state index in [9.17, 15) is 46.7 Å². The first-order valence-corrected chi connectivity index (χ1v) is 19.7. The molecule has 2 atom stereocenters. The Morgan fingerprint density at radius 1 is 0.918 bits per heavy atom. The van der Waals surface area contributed by atoms with Gasteiger partial charge in [0.05, 0.1) is 39.1 Å². The van der Waals surface area contributed by atoms with Gasteiger partial charge in [-0.25, -0.2) is 0 Å². The molecule has 0 bridgehead atoms. The molecule has 7 amide bonds. The fourth-order valence-corrected chi connectivity index (χ4v) is 7.41. The lowest BCUT2D eigenvalue weighted by molar-refractivity contribution is -0.137. The molecule has 5 N–H and O–H groups in total. The SMILES string of the molecule is CNc1c(C(=O)NC2CC2)cnc2cc(C(F)(F)F)c(-c3ccc(C(=O)NCCCCNC(=O)C(C)N(C)c4cccc5c4C(=O)N(C4CCC(=O)NC4=O)C5=O)nc3)cc12. The van der Waals surface area contributed by atoms with E-state index < -0.39 is 53.4 Å². The van der Waals surface area contributed by atoms with Gasteiger partial charge in [0.25, 0.3) is 23.6 Å². The molecule has 4 heterocycles. The fraction of sp³-hybridized carbons (Fsp3) is 0.357. The van der Waals surface area contributed by atoms with Gasteiger partial charge >= 0.3 is 6.18 Å². The van der Waals surface area contributed by atoms with Gasteiger partial charge < -0.3 is 26.2 Å². The Bertz CT molecular complexity index is 2470. The number of pyridine rings is 2. The van der Waals surface area contributed by atoms with Crippen molar-refractivity contribution in [3.8, 4) is 11.1 Å². The van der Waals surface area contributed by atoms with Crippen LogP contribution in [-0.2, 0) is 20.6 Å². The summed E-state index contributed by atoms with van der Waals surface area (Å²) in [5, 5.41) is 13.8. The second kappa shape index (κ2) is 17.0.